The lowest BCUT2D eigenvalue weighted by atomic mass is 10.1. The number of carbonyl (C=O) groups is 3. The summed E-state index contributed by atoms with van der Waals surface area (Å²) in [6.07, 6.45) is 3.46. The molecular formula is C19H24N4O3. The number of H-pyrrole nitrogens is 1. The number of nitrogens with one attached hydrogen (secondary N) is 1. The molecule has 0 bridgehead atoms. The summed E-state index contributed by atoms with van der Waals surface area (Å²) in [6.45, 7) is 4.20. The molecule has 0 spiro atoms. The molecule has 0 unspecified atom stereocenters. The molecule has 3 amide bonds. The molecule has 0 atom stereocenters. The van der Waals surface area contributed by atoms with E-state index in [1.54, 1.807) is 14.7 Å². The molecule has 0 aliphatic carbocycles. The number of benzene rings is 1. The number of hydrogen-bond acceptors (Lipinski definition) is 3. The zero-order valence-corrected chi connectivity index (χ0v) is 15.0. The summed E-state index contributed by atoms with van der Waals surface area (Å²) in [4.78, 5) is 43.4. The Kier molecular flexibility index (Phi) is 5.55. The number of hydrogen-bond donors (Lipinski definition) is 1. The van der Waals surface area contributed by atoms with Crippen molar-refractivity contribution in [1.82, 2.24) is 19.7 Å². The van der Waals surface area contributed by atoms with E-state index in [2.05, 4.69) is 11.1 Å². The van der Waals surface area contributed by atoms with Crippen LogP contribution in [0.4, 0.5) is 0 Å². The largest absolute Gasteiger partial charge is 0.361 e. The van der Waals surface area contributed by atoms with E-state index in [1.807, 2.05) is 24.4 Å². The van der Waals surface area contributed by atoms with E-state index in [1.165, 1.54) is 6.92 Å². The maximum Gasteiger partial charge on any atom is 0.242 e. The Morgan fingerprint density at radius 3 is 2.62 bits per heavy atom. The average molecular weight is 356 g/mol. The second-order valence-electron chi connectivity index (χ2n) is 6.57. The van der Waals surface area contributed by atoms with Gasteiger partial charge in [-0.15, -0.1) is 0 Å². The molecule has 1 aromatic heterocycles. The topological polar surface area (TPSA) is 76.7 Å². The minimum atomic E-state index is -0.107. The van der Waals surface area contributed by atoms with Crippen molar-refractivity contribution >= 4 is 29.1 Å². The standard InChI is InChI=1S/C19H24N4O3/c1-15(25)23(13-19(26)22-10-8-21(14-24)9-11-22)7-6-16-12-20-18-5-3-2-4-17(16)18/h2-5,12,14,20H,6-11,13H2,1H3. The molecule has 1 fully saturated rings. The van der Waals surface area contributed by atoms with E-state index in [0.29, 0.717) is 39.1 Å². The van der Waals surface area contributed by atoms with Crippen LogP contribution in [0.2, 0.25) is 0 Å². The molecule has 1 N–H and O–H groups in total. The Morgan fingerprint density at radius 1 is 1.19 bits per heavy atom. The van der Waals surface area contributed by atoms with Gasteiger partial charge in [-0.25, -0.2) is 0 Å². The van der Waals surface area contributed by atoms with Gasteiger partial charge in [-0.3, -0.25) is 14.4 Å². The first-order valence-corrected chi connectivity index (χ1v) is 8.86. The van der Waals surface area contributed by atoms with Crippen molar-refractivity contribution in [1.29, 1.82) is 0 Å². The van der Waals surface area contributed by atoms with E-state index in [9.17, 15) is 14.4 Å². The summed E-state index contributed by atoms with van der Waals surface area (Å²) in [5.41, 5.74) is 2.21. The van der Waals surface area contributed by atoms with Crippen molar-refractivity contribution in [3.8, 4) is 0 Å². The predicted molar refractivity (Wildman–Crippen MR) is 98.5 cm³/mol. The van der Waals surface area contributed by atoms with E-state index >= 15 is 0 Å². The van der Waals surface area contributed by atoms with Gasteiger partial charge in [0.15, 0.2) is 0 Å². The van der Waals surface area contributed by atoms with E-state index < -0.39 is 0 Å². The first-order chi connectivity index (χ1) is 12.6. The molecule has 1 aliphatic heterocycles. The third-order valence-corrected chi connectivity index (χ3v) is 4.91. The normalized spacial score (nSPS) is 14.5. The van der Waals surface area contributed by atoms with Gasteiger partial charge in [-0.2, -0.15) is 0 Å². The molecule has 3 rings (SSSR count). The fourth-order valence-corrected chi connectivity index (χ4v) is 3.28. The molecule has 7 nitrogen and oxygen atoms in total. The summed E-state index contributed by atoms with van der Waals surface area (Å²) in [6, 6.07) is 8.04. The second-order valence-corrected chi connectivity index (χ2v) is 6.57. The van der Waals surface area contributed by atoms with Gasteiger partial charge in [0.05, 0.1) is 6.54 Å². The Labute approximate surface area is 152 Å². The molecule has 1 saturated heterocycles. The zero-order chi connectivity index (χ0) is 18.5. The van der Waals surface area contributed by atoms with Gasteiger partial charge in [0.1, 0.15) is 0 Å². The summed E-state index contributed by atoms with van der Waals surface area (Å²) in [7, 11) is 0. The van der Waals surface area contributed by atoms with Gasteiger partial charge in [-0.05, 0) is 18.1 Å². The van der Waals surface area contributed by atoms with Crippen LogP contribution in [0, 0.1) is 0 Å². The fraction of sp³-hybridized carbons (Fsp3) is 0.421. The van der Waals surface area contributed by atoms with Crippen LogP contribution < -0.4 is 0 Å². The lowest BCUT2D eigenvalue weighted by Gasteiger charge is -2.34. The Morgan fingerprint density at radius 2 is 1.92 bits per heavy atom. The maximum atomic E-state index is 12.5. The Balaban J connectivity index is 1.58. The van der Waals surface area contributed by atoms with Crippen LogP contribution in [0.5, 0.6) is 0 Å². The summed E-state index contributed by atoms with van der Waals surface area (Å²) in [5.74, 6) is -0.172. The number of aromatic nitrogens is 1. The average Bonchev–Trinajstić information content (AvgIpc) is 3.08. The van der Waals surface area contributed by atoms with E-state index in [-0.39, 0.29) is 18.4 Å². The van der Waals surface area contributed by atoms with Crippen LogP contribution >= 0.6 is 0 Å². The van der Waals surface area contributed by atoms with Crippen molar-refractivity contribution in [3.63, 3.8) is 0 Å². The predicted octanol–water partition coefficient (Wildman–Crippen LogP) is 0.860. The lowest BCUT2D eigenvalue weighted by Crippen LogP contribution is -2.51. The van der Waals surface area contributed by atoms with Crippen LogP contribution in [-0.2, 0) is 20.8 Å². The highest BCUT2D eigenvalue weighted by Gasteiger charge is 2.23. The minimum absolute atomic E-state index is 0.0651. The highest BCUT2D eigenvalue weighted by atomic mass is 16.2. The highest BCUT2D eigenvalue weighted by molar-refractivity contribution is 5.85. The molecule has 2 aromatic rings. The number of rotatable bonds is 6. The molecule has 7 heteroatoms. The van der Waals surface area contributed by atoms with E-state index in [4.69, 9.17) is 0 Å². The monoisotopic (exact) mass is 356 g/mol. The second kappa shape index (κ2) is 8.03. The molecule has 1 aliphatic rings. The van der Waals surface area contributed by atoms with Crippen LogP contribution in [-0.4, -0.2) is 77.2 Å². The quantitative estimate of drug-likeness (QED) is 0.780. The first-order valence-electron chi connectivity index (χ1n) is 8.86. The van der Waals surface area contributed by atoms with Crippen LogP contribution in [0.25, 0.3) is 10.9 Å². The van der Waals surface area contributed by atoms with E-state index in [0.717, 1.165) is 22.9 Å². The van der Waals surface area contributed by atoms with Crippen LogP contribution in [0.3, 0.4) is 0 Å². The maximum absolute atomic E-state index is 12.5. The minimum Gasteiger partial charge on any atom is -0.361 e. The number of carbonyl (C=O) groups excluding carboxylic acids is 3. The Bertz CT molecular complexity index is 793. The van der Waals surface area contributed by atoms with Crippen LogP contribution in [0.15, 0.2) is 30.5 Å². The van der Waals surface area contributed by atoms with Gasteiger partial charge >= 0.3 is 0 Å². The summed E-state index contributed by atoms with van der Waals surface area (Å²) in [5, 5.41) is 1.15. The van der Waals surface area contributed by atoms with Crippen molar-refractivity contribution in [2.24, 2.45) is 0 Å². The lowest BCUT2D eigenvalue weighted by molar-refractivity contribution is -0.141. The van der Waals surface area contributed by atoms with Crippen molar-refractivity contribution in [3.05, 3.63) is 36.0 Å². The number of amides is 3. The zero-order valence-electron chi connectivity index (χ0n) is 15.0. The molecule has 138 valence electrons. The van der Waals surface area contributed by atoms with Crippen LogP contribution in [0.1, 0.15) is 12.5 Å². The highest BCUT2D eigenvalue weighted by Crippen LogP contribution is 2.18. The number of piperazine rings is 1. The fourth-order valence-electron chi connectivity index (χ4n) is 3.28. The van der Waals surface area contributed by atoms with Gasteiger partial charge < -0.3 is 19.7 Å². The number of fused-ring (bicyclic) bond motifs is 1. The van der Waals surface area contributed by atoms with Gasteiger partial charge in [-0.1, -0.05) is 18.2 Å². The summed E-state index contributed by atoms with van der Waals surface area (Å²) < 4.78 is 0. The van der Waals surface area contributed by atoms with Crippen molar-refractivity contribution in [2.75, 3.05) is 39.3 Å². The third kappa shape index (κ3) is 4.04. The molecule has 2 heterocycles. The first kappa shape index (κ1) is 18.0. The SMILES string of the molecule is CC(=O)N(CCc1c[nH]c2ccccc12)CC(=O)N1CCN(C=O)CC1. The Hall–Kier alpha value is -2.83. The molecule has 0 radical (unpaired) electrons. The van der Waals surface area contributed by atoms with Gasteiger partial charge in [0.25, 0.3) is 0 Å². The van der Waals surface area contributed by atoms with Crippen molar-refractivity contribution < 1.29 is 14.4 Å². The van der Waals surface area contributed by atoms with Gasteiger partial charge in [0, 0.05) is 56.7 Å². The van der Waals surface area contributed by atoms with Crippen molar-refractivity contribution in [2.45, 2.75) is 13.3 Å². The number of nitrogens with zero attached hydrogens (tertiary/aromatic N) is 3. The van der Waals surface area contributed by atoms with Gasteiger partial charge in [0.2, 0.25) is 18.2 Å². The third-order valence-electron chi connectivity index (χ3n) is 4.91. The molecule has 1 aromatic carbocycles. The smallest absolute Gasteiger partial charge is 0.242 e. The summed E-state index contributed by atoms with van der Waals surface area (Å²) >= 11 is 0. The molecule has 0 saturated carbocycles. The molecule has 26 heavy (non-hydrogen) atoms. The number of aromatic amines is 1. The number of para-hydroxylation sites is 1. The molecular weight excluding hydrogens is 332 g/mol.